The van der Waals surface area contributed by atoms with Gasteiger partial charge in [-0.05, 0) is 37.1 Å². The summed E-state index contributed by atoms with van der Waals surface area (Å²) in [5.74, 6) is -0.634. The van der Waals surface area contributed by atoms with Crippen molar-refractivity contribution in [3.05, 3.63) is 29.8 Å². The van der Waals surface area contributed by atoms with Gasteiger partial charge >= 0.3 is 6.36 Å². The third-order valence-corrected chi connectivity index (χ3v) is 2.90. The number of hydrogen-bond acceptors (Lipinski definition) is 3. The zero-order valence-corrected chi connectivity index (χ0v) is 10.1. The van der Waals surface area contributed by atoms with E-state index in [1.165, 1.54) is 12.1 Å². The predicted octanol–water partition coefficient (Wildman–Crippen LogP) is 3.19. The molecule has 19 heavy (non-hydrogen) atoms. The summed E-state index contributed by atoms with van der Waals surface area (Å²) in [7, 11) is 0. The molecule has 1 saturated heterocycles. The predicted molar refractivity (Wildman–Crippen MR) is 61.0 cm³/mol. The van der Waals surface area contributed by atoms with E-state index in [2.05, 4.69) is 4.74 Å². The van der Waals surface area contributed by atoms with Gasteiger partial charge in [0.1, 0.15) is 5.75 Å². The first kappa shape index (κ1) is 13.9. The highest BCUT2D eigenvalue weighted by molar-refractivity contribution is 5.98. The smallest absolute Gasteiger partial charge is 0.406 e. The molecule has 1 aliphatic heterocycles. The zero-order valence-electron chi connectivity index (χ0n) is 10.1. The number of hydrogen-bond donors (Lipinski definition) is 0. The molecule has 1 unspecified atom stereocenters. The molecule has 1 aromatic rings. The van der Waals surface area contributed by atoms with Gasteiger partial charge in [0.2, 0.25) is 0 Å². The van der Waals surface area contributed by atoms with Gasteiger partial charge in [0.15, 0.2) is 5.78 Å². The van der Waals surface area contributed by atoms with Crippen LogP contribution in [0.15, 0.2) is 24.3 Å². The molecule has 2 rings (SSSR count). The number of rotatable bonds is 3. The number of ketones is 1. The molecule has 0 aromatic heterocycles. The van der Waals surface area contributed by atoms with Crippen LogP contribution in [0.25, 0.3) is 0 Å². The number of Topliss-reactive ketones (excluding diaryl/α,β-unsaturated/α-hetero) is 1. The molecular formula is C13H13F3O3. The van der Waals surface area contributed by atoms with Crippen molar-refractivity contribution in [3.63, 3.8) is 0 Å². The summed E-state index contributed by atoms with van der Waals surface area (Å²) in [4.78, 5) is 12.1. The van der Waals surface area contributed by atoms with Crippen molar-refractivity contribution >= 4 is 5.78 Å². The van der Waals surface area contributed by atoms with Crippen LogP contribution < -0.4 is 4.74 Å². The van der Waals surface area contributed by atoms with Crippen LogP contribution in [0.4, 0.5) is 13.2 Å². The Morgan fingerprint density at radius 1 is 1.26 bits per heavy atom. The monoisotopic (exact) mass is 274 g/mol. The van der Waals surface area contributed by atoms with Gasteiger partial charge < -0.3 is 9.47 Å². The second-order valence-corrected chi connectivity index (χ2v) is 4.35. The largest absolute Gasteiger partial charge is 0.573 e. The first-order valence-corrected chi connectivity index (χ1v) is 5.93. The summed E-state index contributed by atoms with van der Waals surface area (Å²) in [6, 6.07) is 4.98. The van der Waals surface area contributed by atoms with Gasteiger partial charge in [-0.25, -0.2) is 0 Å². The highest BCUT2D eigenvalue weighted by Gasteiger charge is 2.31. The van der Waals surface area contributed by atoms with Crippen LogP contribution in [0.2, 0.25) is 0 Å². The summed E-state index contributed by atoms with van der Waals surface area (Å²) >= 11 is 0. The van der Waals surface area contributed by atoms with Crippen molar-refractivity contribution in [1.82, 2.24) is 0 Å². The topological polar surface area (TPSA) is 35.5 Å². The Morgan fingerprint density at radius 2 is 1.95 bits per heavy atom. The molecule has 6 heteroatoms. The Kier molecular flexibility index (Phi) is 4.09. The third kappa shape index (κ3) is 3.96. The molecule has 1 fully saturated rings. The summed E-state index contributed by atoms with van der Waals surface area (Å²) in [5, 5.41) is 0. The molecule has 0 spiro atoms. The maximum absolute atomic E-state index is 12.1. The number of alkyl halides is 3. The van der Waals surface area contributed by atoms with Crippen LogP contribution in [0.3, 0.4) is 0 Å². The highest BCUT2D eigenvalue weighted by atomic mass is 19.4. The Hall–Kier alpha value is -1.56. The van der Waals surface area contributed by atoms with Crippen LogP contribution in [-0.4, -0.2) is 25.4 Å². The molecule has 1 aliphatic rings. The molecule has 1 aromatic carbocycles. The third-order valence-electron chi connectivity index (χ3n) is 2.90. The molecule has 0 amide bonds. The van der Waals surface area contributed by atoms with E-state index in [1.54, 1.807) is 0 Å². The van der Waals surface area contributed by atoms with Gasteiger partial charge in [0.25, 0.3) is 0 Å². The Balaban J connectivity index is 2.03. The zero-order chi connectivity index (χ0) is 13.9. The minimum atomic E-state index is -4.72. The Labute approximate surface area is 108 Å². The molecular weight excluding hydrogens is 261 g/mol. The average Bonchev–Trinajstić information content (AvgIpc) is 2.38. The summed E-state index contributed by atoms with van der Waals surface area (Å²) in [5.41, 5.74) is 0.380. The van der Waals surface area contributed by atoms with Crippen molar-refractivity contribution in [1.29, 1.82) is 0 Å². The quantitative estimate of drug-likeness (QED) is 0.794. The molecule has 0 radical (unpaired) electrons. The lowest BCUT2D eigenvalue weighted by atomic mass is 9.93. The van der Waals surface area contributed by atoms with E-state index in [0.717, 1.165) is 25.0 Å². The number of benzene rings is 1. The standard InChI is InChI=1S/C13H13F3O3/c14-13(15,16)19-11-5-3-9(4-6-11)12(17)10-2-1-7-18-8-10/h3-6,10H,1-2,7-8H2. The van der Waals surface area contributed by atoms with Crippen LogP contribution in [0, 0.1) is 5.92 Å². The average molecular weight is 274 g/mol. The fourth-order valence-electron chi connectivity index (χ4n) is 2.00. The Bertz CT molecular complexity index is 433. The molecule has 1 atom stereocenters. The molecule has 1 heterocycles. The van der Waals surface area contributed by atoms with Crippen molar-refractivity contribution in [2.75, 3.05) is 13.2 Å². The van der Waals surface area contributed by atoms with Crippen molar-refractivity contribution in [3.8, 4) is 5.75 Å². The maximum Gasteiger partial charge on any atom is 0.573 e. The number of carbonyl (C=O) groups is 1. The van der Waals surface area contributed by atoms with Gasteiger partial charge in [-0.15, -0.1) is 13.2 Å². The van der Waals surface area contributed by atoms with E-state index < -0.39 is 6.36 Å². The normalized spacial score (nSPS) is 20.1. The SMILES string of the molecule is O=C(c1ccc(OC(F)(F)F)cc1)C1CCCOC1. The molecule has 3 nitrogen and oxygen atoms in total. The minimum Gasteiger partial charge on any atom is -0.406 e. The van der Waals surface area contributed by atoms with Gasteiger partial charge in [-0.3, -0.25) is 4.79 Å². The van der Waals surface area contributed by atoms with E-state index in [4.69, 9.17) is 4.74 Å². The molecule has 0 aliphatic carbocycles. The first-order chi connectivity index (χ1) is 8.96. The lowest BCUT2D eigenvalue weighted by Crippen LogP contribution is -2.25. The van der Waals surface area contributed by atoms with Crippen molar-refractivity contribution in [2.45, 2.75) is 19.2 Å². The minimum absolute atomic E-state index is 0.0988. The number of carbonyl (C=O) groups excluding carboxylic acids is 1. The second kappa shape index (κ2) is 5.61. The lowest BCUT2D eigenvalue weighted by molar-refractivity contribution is -0.274. The fraction of sp³-hybridized carbons (Fsp3) is 0.462. The van der Waals surface area contributed by atoms with Crippen LogP contribution in [-0.2, 0) is 4.74 Å². The van der Waals surface area contributed by atoms with Gasteiger partial charge in [-0.2, -0.15) is 0 Å². The van der Waals surface area contributed by atoms with Crippen LogP contribution >= 0.6 is 0 Å². The Morgan fingerprint density at radius 3 is 2.47 bits per heavy atom. The number of halogens is 3. The van der Waals surface area contributed by atoms with E-state index >= 15 is 0 Å². The highest BCUT2D eigenvalue weighted by Crippen LogP contribution is 2.24. The van der Waals surface area contributed by atoms with Crippen molar-refractivity contribution < 1.29 is 27.4 Å². The lowest BCUT2D eigenvalue weighted by Gasteiger charge is -2.20. The molecule has 104 valence electrons. The molecule has 0 N–H and O–H groups in total. The van der Waals surface area contributed by atoms with Gasteiger partial charge in [0, 0.05) is 18.1 Å². The van der Waals surface area contributed by atoms with E-state index in [-0.39, 0.29) is 17.5 Å². The van der Waals surface area contributed by atoms with E-state index in [1.807, 2.05) is 0 Å². The summed E-state index contributed by atoms with van der Waals surface area (Å²) in [6.45, 7) is 1.03. The fourth-order valence-corrected chi connectivity index (χ4v) is 2.00. The maximum atomic E-state index is 12.1. The van der Waals surface area contributed by atoms with Gasteiger partial charge in [0.05, 0.1) is 6.61 Å². The number of ether oxygens (including phenoxy) is 2. The van der Waals surface area contributed by atoms with Crippen LogP contribution in [0.5, 0.6) is 5.75 Å². The molecule has 0 saturated carbocycles. The van der Waals surface area contributed by atoms with E-state index in [0.29, 0.717) is 18.8 Å². The molecule has 0 bridgehead atoms. The van der Waals surface area contributed by atoms with E-state index in [9.17, 15) is 18.0 Å². The second-order valence-electron chi connectivity index (χ2n) is 4.35. The summed E-state index contributed by atoms with van der Waals surface area (Å²) in [6.07, 6.45) is -3.14. The van der Waals surface area contributed by atoms with Gasteiger partial charge in [-0.1, -0.05) is 0 Å². The first-order valence-electron chi connectivity index (χ1n) is 5.93. The van der Waals surface area contributed by atoms with Crippen molar-refractivity contribution in [2.24, 2.45) is 5.92 Å². The summed E-state index contributed by atoms with van der Waals surface area (Å²) < 4.78 is 44.9. The van der Waals surface area contributed by atoms with Crippen LogP contribution in [0.1, 0.15) is 23.2 Å².